The van der Waals surface area contributed by atoms with E-state index >= 15 is 0 Å². The Morgan fingerprint density at radius 1 is 1.33 bits per heavy atom. The number of hydrogen-bond donors (Lipinski definition) is 3. The average molecular weight is 296 g/mol. The second-order valence-corrected chi connectivity index (χ2v) is 7.23. The third kappa shape index (κ3) is 4.96. The summed E-state index contributed by atoms with van der Waals surface area (Å²) in [5.74, 6) is 1.37. The van der Waals surface area contributed by atoms with Crippen LogP contribution in [0.4, 0.5) is 0 Å². The Kier molecular flexibility index (Phi) is 6.49. The molecule has 1 aliphatic carbocycles. The molecule has 1 saturated heterocycles. The highest BCUT2D eigenvalue weighted by Gasteiger charge is 2.33. The van der Waals surface area contributed by atoms with Crippen LogP contribution in [0.15, 0.2) is 0 Å². The molecule has 2 aliphatic rings. The zero-order valence-electron chi connectivity index (χ0n) is 13.5. The number of rotatable bonds is 7. The minimum Gasteiger partial charge on any atom is -0.396 e. The van der Waals surface area contributed by atoms with Crippen LogP contribution >= 0.6 is 0 Å². The van der Waals surface area contributed by atoms with Gasteiger partial charge in [0.1, 0.15) is 0 Å². The minimum atomic E-state index is 0.169. The minimum absolute atomic E-state index is 0.169. The maximum Gasteiger partial charge on any atom is 0.220 e. The van der Waals surface area contributed by atoms with Crippen LogP contribution in [0.5, 0.6) is 0 Å². The highest BCUT2D eigenvalue weighted by atomic mass is 16.3. The highest BCUT2D eigenvalue weighted by molar-refractivity contribution is 5.76. The number of carbonyl (C=O) groups excluding carboxylic acids is 1. The van der Waals surface area contributed by atoms with Crippen molar-refractivity contribution >= 4 is 5.91 Å². The molecule has 1 heterocycles. The SMILES string of the molecule is CC(CC(=O)NCC1(CCO)CCCC1)C1CCNCC1. The second kappa shape index (κ2) is 8.14. The molecule has 3 N–H and O–H groups in total. The lowest BCUT2D eigenvalue weighted by Crippen LogP contribution is -2.38. The third-order valence-corrected chi connectivity index (χ3v) is 5.66. The lowest BCUT2D eigenvalue weighted by atomic mass is 9.82. The van der Waals surface area contributed by atoms with E-state index in [0.29, 0.717) is 18.3 Å². The van der Waals surface area contributed by atoms with Crippen LogP contribution in [-0.2, 0) is 4.79 Å². The van der Waals surface area contributed by atoms with Crippen molar-refractivity contribution < 1.29 is 9.90 Å². The molecule has 1 atom stereocenters. The van der Waals surface area contributed by atoms with Gasteiger partial charge in [0.05, 0.1) is 0 Å². The van der Waals surface area contributed by atoms with Gasteiger partial charge in [0, 0.05) is 19.6 Å². The number of hydrogen-bond acceptors (Lipinski definition) is 3. The summed E-state index contributed by atoms with van der Waals surface area (Å²) in [5.41, 5.74) is 0.169. The molecule has 122 valence electrons. The fraction of sp³-hybridized carbons (Fsp3) is 0.941. The van der Waals surface area contributed by atoms with E-state index in [0.717, 1.165) is 38.9 Å². The van der Waals surface area contributed by atoms with E-state index < -0.39 is 0 Å². The molecular weight excluding hydrogens is 264 g/mol. The molecule has 1 saturated carbocycles. The van der Waals surface area contributed by atoms with E-state index in [2.05, 4.69) is 17.6 Å². The molecule has 1 aliphatic heterocycles. The van der Waals surface area contributed by atoms with Crippen molar-refractivity contribution in [3.8, 4) is 0 Å². The van der Waals surface area contributed by atoms with Crippen molar-refractivity contribution in [2.75, 3.05) is 26.2 Å². The van der Waals surface area contributed by atoms with Gasteiger partial charge in [0.25, 0.3) is 0 Å². The van der Waals surface area contributed by atoms with Gasteiger partial charge in [0.2, 0.25) is 5.91 Å². The van der Waals surface area contributed by atoms with Crippen molar-refractivity contribution in [2.45, 2.75) is 58.3 Å². The summed E-state index contributed by atoms with van der Waals surface area (Å²) < 4.78 is 0. The standard InChI is InChI=1S/C17H32N2O2/c1-14(15-4-9-18-10-5-15)12-16(21)19-13-17(8-11-20)6-2-3-7-17/h14-15,18,20H,2-13H2,1H3,(H,19,21). The quantitative estimate of drug-likeness (QED) is 0.674. The molecule has 2 fully saturated rings. The molecule has 4 nitrogen and oxygen atoms in total. The first kappa shape index (κ1) is 16.8. The van der Waals surface area contributed by atoms with Gasteiger partial charge in [-0.25, -0.2) is 0 Å². The lowest BCUT2D eigenvalue weighted by Gasteiger charge is -2.30. The zero-order valence-corrected chi connectivity index (χ0v) is 13.5. The summed E-state index contributed by atoms with van der Waals surface area (Å²) in [4.78, 5) is 12.2. The van der Waals surface area contributed by atoms with Gasteiger partial charge in [-0.1, -0.05) is 19.8 Å². The fourth-order valence-corrected chi connectivity index (χ4v) is 4.11. The predicted octanol–water partition coefficient (Wildman–Crippen LogP) is 2.07. The Morgan fingerprint density at radius 2 is 2.00 bits per heavy atom. The Morgan fingerprint density at radius 3 is 2.62 bits per heavy atom. The maximum absolute atomic E-state index is 12.2. The lowest BCUT2D eigenvalue weighted by molar-refractivity contribution is -0.123. The number of nitrogens with one attached hydrogen (secondary N) is 2. The molecule has 4 heteroatoms. The van der Waals surface area contributed by atoms with Crippen LogP contribution in [0.1, 0.15) is 58.3 Å². The van der Waals surface area contributed by atoms with Gasteiger partial charge >= 0.3 is 0 Å². The van der Waals surface area contributed by atoms with Gasteiger partial charge in [-0.3, -0.25) is 4.79 Å². The van der Waals surface area contributed by atoms with E-state index in [1.807, 2.05) is 0 Å². The van der Waals surface area contributed by atoms with Crippen LogP contribution in [0.3, 0.4) is 0 Å². The highest BCUT2D eigenvalue weighted by Crippen LogP contribution is 2.40. The normalized spacial score (nSPS) is 23.9. The number of amides is 1. The number of aliphatic hydroxyl groups is 1. The Bertz CT molecular complexity index is 321. The van der Waals surface area contributed by atoms with E-state index in [1.165, 1.54) is 25.7 Å². The van der Waals surface area contributed by atoms with Gasteiger partial charge in [0.15, 0.2) is 0 Å². The Hall–Kier alpha value is -0.610. The second-order valence-electron chi connectivity index (χ2n) is 7.23. The number of piperidine rings is 1. The largest absolute Gasteiger partial charge is 0.396 e. The van der Waals surface area contributed by atoms with Crippen LogP contribution in [-0.4, -0.2) is 37.3 Å². The van der Waals surface area contributed by atoms with Crippen LogP contribution in [0.25, 0.3) is 0 Å². The average Bonchev–Trinajstić information content (AvgIpc) is 2.95. The van der Waals surface area contributed by atoms with Crippen LogP contribution in [0.2, 0.25) is 0 Å². The summed E-state index contributed by atoms with van der Waals surface area (Å²) in [7, 11) is 0. The summed E-state index contributed by atoms with van der Waals surface area (Å²) in [6, 6.07) is 0. The smallest absolute Gasteiger partial charge is 0.220 e. The first-order valence-electron chi connectivity index (χ1n) is 8.73. The summed E-state index contributed by atoms with van der Waals surface area (Å²) in [6.45, 7) is 5.40. The Labute approximate surface area is 129 Å². The molecule has 0 aromatic carbocycles. The molecule has 1 unspecified atom stereocenters. The molecule has 0 bridgehead atoms. The first-order chi connectivity index (χ1) is 10.2. The van der Waals surface area contributed by atoms with Crippen molar-refractivity contribution in [3.63, 3.8) is 0 Å². The molecule has 0 aromatic heterocycles. The molecule has 0 radical (unpaired) electrons. The van der Waals surface area contributed by atoms with E-state index in [9.17, 15) is 9.90 Å². The van der Waals surface area contributed by atoms with Crippen molar-refractivity contribution in [1.29, 1.82) is 0 Å². The number of aliphatic hydroxyl groups excluding tert-OH is 1. The molecule has 1 amide bonds. The summed E-state index contributed by atoms with van der Waals surface area (Å²) >= 11 is 0. The number of carbonyl (C=O) groups is 1. The predicted molar refractivity (Wildman–Crippen MR) is 85.0 cm³/mol. The zero-order chi connectivity index (χ0) is 15.1. The molecular formula is C17H32N2O2. The monoisotopic (exact) mass is 296 g/mol. The van der Waals surface area contributed by atoms with Gasteiger partial charge < -0.3 is 15.7 Å². The Balaban J connectivity index is 1.73. The fourth-order valence-electron chi connectivity index (χ4n) is 4.11. The molecule has 21 heavy (non-hydrogen) atoms. The van der Waals surface area contributed by atoms with Gasteiger partial charge in [-0.15, -0.1) is 0 Å². The van der Waals surface area contributed by atoms with Gasteiger partial charge in [-0.2, -0.15) is 0 Å². The molecule has 2 rings (SSSR count). The third-order valence-electron chi connectivity index (χ3n) is 5.66. The van der Waals surface area contributed by atoms with Crippen LogP contribution in [0, 0.1) is 17.3 Å². The molecule has 0 aromatic rings. The van der Waals surface area contributed by atoms with E-state index in [4.69, 9.17) is 0 Å². The topological polar surface area (TPSA) is 61.4 Å². The van der Waals surface area contributed by atoms with E-state index in [1.54, 1.807) is 0 Å². The summed E-state index contributed by atoms with van der Waals surface area (Å²) in [6.07, 6.45) is 8.65. The first-order valence-corrected chi connectivity index (χ1v) is 8.73. The van der Waals surface area contributed by atoms with E-state index in [-0.39, 0.29) is 17.9 Å². The van der Waals surface area contributed by atoms with Crippen LogP contribution < -0.4 is 10.6 Å². The molecule has 0 spiro atoms. The van der Waals surface area contributed by atoms with Crippen molar-refractivity contribution in [2.24, 2.45) is 17.3 Å². The van der Waals surface area contributed by atoms with Crippen molar-refractivity contribution in [3.05, 3.63) is 0 Å². The maximum atomic E-state index is 12.2. The summed E-state index contributed by atoms with van der Waals surface area (Å²) in [5, 5.41) is 15.8. The van der Waals surface area contributed by atoms with Gasteiger partial charge in [-0.05, 0) is 62.4 Å². The van der Waals surface area contributed by atoms with Crippen molar-refractivity contribution in [1.82, 2.24) is 10.6 Å².